The van der Waals surface area contributed by atoms with Crippen molar-refractivity contribution in [2.24, 2.45) is 11.8 Å². The van der Waals surface area contributed by atoms with Crippen LogP contribution < -0.4 is 0 Å². The van der Waals surface area contributed by atoms with Gasteiger partial charge >= 0.3 is 0 Å². The third kappa shape index (κ3) is 3.98. The molecule has 5 nitrogen and oxygen atoms in total. The van der Waals surface area contributed by atoms with Crippen molar-refractivity contribution in [3.8, 4) is 0 Å². The zero-order valence-corrected chi connectivity index (χ0v) is 16.2. The van der Waals surface area contributed by atoms with Gasteiger partial charge in [-0.1, -0.05) is 25.7 Å². The Hall–Kier alpha value is -1.36. The second-order valence-corrected chi connectivity index (χ2v) is 8.61. The van der Waals surface area contributed by atoms with Crippen molar-refractivity contribution in [3.05, 3.63) is 17.7 Å². The molecule has 0 aromatic carbocycles. The minimum atomic E-state index is 0.375. The van der Waals surface area contributed by atoms with Gasteiger partial charge in [-0.2, -0.15) is 0 Å². The van der Waals surface area contributed by atoms with Crippen LogP contribution in [0.1, 0.15) is 68.8 Å². The van der Waals surface area contributed by atoms with Gasteiger partial charge in [-0.05, 0) is 32.1 Å². The normalized spacial score (nSPS) is 22.7. The molecular weight excluding hydrogens is 326 g/mol. The van der Waals surface area contributed by atoms with Crippen molar-refractivity contribution in [1.82, 2.24) is 14.5 Å². The molecule has 1 aromatic heterocycles. The van der Waals surface area contributed by atoms with Crippen LogP contribution >= 0.6 is 0 Å². The Bertz CT molecular complexity index is 609. The van der Waals surface area contributed by atoms with E-state index in [2.05, 4.69) is 16.4 Å². The summed E-state index contributed by atoms with van der Waals surface area (Å²) in [6, 6.07) is 0. The van der Waals surface area contributed by atoms with Gasteiger partial charge in [-0.15, -0.1) is 0 Å². The summed E-state index contributed by atoms with van der Waals surface area (Å²) in [7, 11) is 0. The number of likely N-dealkylation sites (tertiary alicyclic amines) is 1. The highest BCUT2D eigenvalue weighted by molar-refractivity contribution is 5.77. The van der Waals surface area contributed by atoms with E-state index in [9.17, 15) is 4.79 Å². The summed E-state index contributed by atoms with van der Waals surface area (Å²) in [4.78, 5) is 19.2. The highest BCUT2D eigenvalue weighted by Gasteiger charge is 2.32. The van der Waals surface area contributed by atoms with Crippen LogP contribution in [0, 0.1) is 18.8 Å². The highest BCUT2D eigenvalue weighted by Crippen LogP contribution is 2.31. The van der Waals surface area contributed by atoms with E-state index in [1.807, 2.05) is 6.20 Å². The smallest absolute Gasteiger partial charge is 0.222 e. The molecule has 0 spiro atoms. The van der Waals surface area contributed by atoms with Crippen LogP contribution in [0.25, 0.3) is 0 Å². The van der Waals surface area contributed by atoms with Crippen LogP contribution in [0.2, 0.25) is 0 Å². The Kier molecular flexibility index (Phi) is 5.63. The van der Waals surface area contributed by atoms with Gasteiger partial charge in [0.05, 0.1) is 0 Å². The van der Waals surface area contributed by atoms with E-state index in [0.717, 1.165) is 64.4 Å². The molecule has 0 radical (unpaired) electrons. The maximum atomic E-state index is 12.4. The fourth-order valence-electron chi connectivity index (χ4n) is 4.93. The molecule has 0 atom stereocenters. The maximum absolute atomic E-state index is 12.4. The van der Waals surface area contributed by atoms with E-state index < -0.39 is 0 Å². The number of hydrogen-bond donors (Lipinski definition) is 0. The molecule has 3 aliphatic rings. The molecule has 144 valence electrons. The second kappa shape index (κ2) is 8.12. The number of hydrogen-bond acceptors (Lipinski definition) is 3. The average Bonchev–Trinajstić information content (AvgIpc) is 3.26. The van der Waals surface area contributed by atoms with Crippen molar-refractivity contribution < 1.29 is 9.53 Å². The minimum absolute atomic E-state index is 0.375. The quantitative estimate of drug-likeness (QED) is 0.781. The summed E-state index contributed by atoms with van der Waals surface area (Å²) < 4.78 is 7.90. The van der Waals surface area contributed by atoms with Crippen molar-refractivity contribution in [2.75, 3.05) is 26.3 Å². The van der Waals surface area contributed by atoms with Crippen LogP contribution in [0.15, 0.2) is 6.20 Å². The summed E-state index contributed by atoms with van der Waals surface area (Å²) in [5.41, 5.74) is 1.25. The van der Waals surface area contributed by atoms with E-state index in [-0.39, 0.29) is 0 Å². The van der Waals surface area contributed by atoms with E-state index in [0.29, 0.717) is 17.7 Å². The monoisotopic (exact) mass is 359 g/mol. The van der Waals surface area contributed by atoms with Gasteiger partial charge in [0.1, 0.15) is 5.82 Å². The number of carbonyl (C=O) groups is 1. The molecular formula is C21H33N3O2. The number of amides is 1. The standard InChI is InChI=1S/C21H33N3O2/c1-16-12-22-21(19-8-10-26-11-9-19)24(16)15-18-13-23(14-18)20(25)7-6-17-4-2-3-5-17/h12,17-19H,2-11,13-15H2,1H3. The summed E-state index contributed by atoms with van der Waals surface area (Å²) in [6.07, 6.45) is 11.4. The first-order valence-electron chi connectivity index (χ1n) is 10.6. The Morgan fingerprint density at radius 2 is 1.88 bits per heavy atom. The van der Waals surface area contributed by atoms with Gasteiger partial charge in [0, 0.05) is 63.0 Å². The number of aromatic nitrogens is 2. The lowest BCUT2D eigenvalue weighted by molar-refractivity contribution is -0.138. The number of ether oxygens (including phenoxy) is 1. The lowest BCUT2D eigenvalue weighted by Crippen LogP contribution is -2.51. The molecule has 4 rings (SSSR count). The Morgan fingerprint density at radius 1 is 1.15 bits per heavy atom. The lowest BCUT2D eigenvalue weighted by atomic mass is 9.96. The first-order chi connectivity index (χ1) is 12.7. The van der Waals surface area contributed by atoms with Gasteiger partial charge in [0.2, 0.25) is 5.91 Å². The molecule has 2 aliphatic heterocycles. The summed E-state index contributed by atoms with van der Waals surface area (Å²) in [6.45, 7) is 6.71. The number of rotatable bonds is 6. The van der Waals surface area contributed by atoms with E-state index in [4.69, 9.17) is 9.72 Å². The van der Waals surface area contributed by atoms with Gasteiger partial charge < -0.3 is 14.2 Å². The summed E-state index contributed by atoms with van der Waals surface area (Å²) in [5, 5.41) is 0. The zero-order valence-electron chi connectivity index (χ0n) is 16.2. The van der Waals surface area contributed by atoms with Crippen molar-refractivity contribution in [1.29, 1.82) is 0 Å². The Balaban J connectivity index is 1.26. The lowest BCUT2D eigenvalue weighted by Gasteiger charge is -2.40. The zero-order chi connectivity index (χ0) is 17.9. The van der Waals surface area contributed by atoms with E-state index in [1.165, 1.54) is 37.2 Å². The van der Waals surface area contributed by atoms with Crippen LogP contribution in [-0.2, 0) is 16.1 Å². The molecule has 0 N–H and O–H groups in total. The first-order valence-corrected chi connectivity index (χ1v) is 10.6. The van der Waals surface area contributed by atoms with Crippen LogP contribution in [0.3, 0.4) is 0 Å². The molecule has 1 aromatic rings. The number of carbonyl (C=O) groups excluding carboxylic acids is 1. The largest absolute Gasteiger partial charge is 0.381 e. The molecule has 0 unspecified atom stereocenters. The number of nitrogens with zero attached hydrogens (tertiary/aromatic N) is 3. The predicted octanol–water partition coefficient (Wildman–Crippen LogP) is 3.51. The molecule has 3 heterocycles. The summed E-state index contributed by atoms with van der Waals surface area (Å²) in [5.74, 6) is 3.53. The molecule has 0 bridgehead atoms. The second-order valence-electron chi connectivity index (χ2n) is 8.61. The van der Waals surface area contributed by atoms with Crippen LogP contribution in [0.5, 0.6) is 0 Å². The SMILES string of the molecule is Cc1cnc(C2CCOCC2)n1CC1CN(C(=O)CCC2CCCC2)C1. The first kappa shape index (κ1) is 18.0. The molecule has 1 aliphatic carbocycles. The van der Waals surface area contributed by atoms with Gasteiger partial charge in [0.15, 0.2) is 0 Å². The van der Waals surface area contributed by atoms with Crippen molar-refractivity contribution in [2.45, 2.75) is 70.8 Å². The molecule has 1 saturated carbocycles. The molecule has 3 fully saturated rings. The van der Waals surface area contributed by atoms with Crippen molar-refractivity contribution in [3.63, 3.8) is 0 Å². The molecule has 26 heavy (non-hydrogen) atoms. The van der Waals surface area contributed by atoms with E-state index in [1.54, 1.807) is 0 Å². The Morgan fingerprint density at radius 3 is 2.62 bits per heavy atom. The fraction of sp³-hybridized carbons (Fsp3) is 0.810. The third-order valence-electron chi connectivity index (χ3n) is 6.66. The predicted molar refractivity (Wildman–Crippen MR) is 101 cm³/mol. The third-order valence-corrected chi connectivity index (χ3v) is 6.66. The minimum Gasteiger partial charge on any atom is -0.381 e. The van der Waals surface area contributed by atoms with Gasteiger partial charge in [-0.3, -0.25) is 4.79 Å². The summed E-state index contributed by atoms with van der Waals surface area (Å²) >= 11 is 0. The van der Waals surface area contributed by atoms with Gasteiger partial charge in [-0.25, -0.2) is 4.98 Å². The molecule has 1 amide bonds. The van der Waals surface area contributed by atoms with Crippen molar-refractivity contribution >= 4 is 5.91 Å². The van der Waals surface area contributed by atoms with E-state index >= 15 is 0 Å². The van der Waals surface area contributed by atoms with Crippen LogP contribution in [-0.4, -0.2) is 46.7 Å². The molecule has 5 heteroatoms. The highest BCUT2D eigenvalue weighted by atomic mass is 16.5. The Labute approximate surface area is 157 Å². The number of imidazole rings is 1. The molecule has 2 saturated heterocycles. The number of aryl methyl sites for hydroxylation is 1. The van der Waals surface area contributed by atoms with Gasteiger partial charge in [0.25, 0.3) is 0 Å². The fourth-order valence-corrected chi connectivity index (χ4v) is 4.93. The average molecular weight is 360 g/mol. The van der Waals surface area contributed by atoms with Crippen LogP contribution in [0.4, 0.5) is 0 Å². The maximum Gasteiger partial charge on any atom is 0.222 e. The topological polar surface area (TPSA) is 47.4 Å².